The predicted octanol–water partition coefficient (Wildman–Crippen LogP) is 2.90. The van der Waals surface area contributed by atoms with Crippen LogP contribution in [0.15, 0.2) is 24.3 Å². The van der Waals surface area contributed by atoms with Crippen LogP contribution in [0, 0.1) is 16.0 Å². The van der Waals surface area contributed by atoms with Gasteiger partial charge in [0.1, 0.15) is 0 Å². The largest absolute Gasteiger partial charge is 0.349 e. The molecule has 0 aromatic heterocycles. The van der Waals surface area contributed by atoms with Crippen molar-refractivity contribution in [2.24, 2.45) is 5.92 Å². The van der Waals surface area contributed by atoms with Gasteiger partial charge >= 0.3 is 0 Å². The molecule has 0 spiro atoms. The lowest BCUT2D eigenvalue weighted by molar-refractivity contribution is -0.384. The van der Waals surface area contributed by atoms with E-state index in [-0.39, 0.29) is 17.6 Å². The van der Waals surface area contributed by atoms with Crippen LogP contribution in [0.2, 0.25) is 0 Å². The van der Waals surface area contributed by atoms with E-state index in [1.54, 1.807) is 0 Å². The maximum absolute atomic E-state index is 12.0. The van der Waals surface area contributed by atoms with Gasteiger partial charge in [0.15, 0.2) is 0 Å². The van der Waals surface area contributed by atoms with Crippen LogP contribution in [0.1, 0.15) is 43.0 Å². The summed E-state index contributed by atoms with van der Waals surface area (Å²) in [5.41, 5.74) is 0.479. The van der Waals surface area contributed by atoms with Gasteiger partial charge in [-0.3, -0.25) is 14.9 Å². The number of rotatable bonds is 3. The van der Waals surface area contributed by atoms with Gasteiger partial charge in [0, 0.05) is 23.7 Å². The molecule has 1 aliphatic carbocycles. The molecule has 1 amide bonds. The number of carbonyl (C=O) groups excluding carboxylic acids is 1. The van der Waals surface area contributed by atoms with Crippen molar-refractivity contribution < 1.29 is 9.72 Å². The number of nitrogens with one attached hydrogen (secondary N) is 1. The van der Waals surface area contributed by atoms with Crippen molar-refractivity contribution in [2.75, 3.05) is 0 Å². The van der Waals surface area contributed by atoms with Gasteiger partial charge in [-0.25, -0.2) is 0 Å². The molecule has 1 N–H and O–H groups in total. The average Bonchev–Trinajstić information content (AvgIpc) is 2.41. The quantitative estimate of drug-likeness (QED) is 0.672. The Kier molecular flexibility index (Phi) is 4.14. The fourth-order valence-corrected chi connectivity index (χ4v) is 2.41. The molecule has 0 saturated heterocycles. The molecule has 1 saturated carbocycles. The first kappa shape index (κ1) is 13.5. The van der Waals surface area contributed by atoms with Crippen molar-refractivity contribution in [2.45, 2.75) is 38.6 Å². The first-order valence-corrected chi connectivity index (χ1v) is 6.61. The highest BCUT2D eigenvalue weighted by Gasteiger charge is 2.20. The van der Waals surface area contributed by atoms with E-state index in [1.165, 1.54) is 24.3 Å². The Morgan fingerprint density at radius 2 is 1.79 bits per heavy atom. The van der Waals surface area contributed by atoms with Gasteiger partial charge in [-0.15, -0.1) is 0 Å². The summed E-state index contributed by atoms with van der Waals surface area (Å²) < 4.78 is 0. The van der Waals surface area contributed by atoms with Crippen molar-refractivity contribution in [1.82, 2.24) is 5.32 Å². The van der Waals surface area contributed by atoms with Gasteiger partial charge in [0.05, 0.1) is 4.92 Å². The highest BCUT2D eigenvalue weighted by molar-refractivity contribution is 5.94. The van der Waals surface area contributed by atoms with E-state index in [1.807, 2.05) is 0 Å². The molecule has 0 heterocycles. The zero-order valence-electron chi connectivity index (χ0n) is 11.0. The number of hydrogen-bond acceptors (Lipinski definition) is 3. The smallest absolute Gasteiger partial charge is 0.269 e. The molecule has 102 valence electrons. The lowest BCUT2D eigenvalue weighted by Crippen LogP contribution is -2.37. The molecular weight excluding hydrogens is 244 g/mol. The number of benzene rings is 1. The monoisotopic (exact) mass is 262 g/mol. The minimum atomic E-state index is -0.468. The van der Waals surface area contributed by atoms with Gasteiger partial charge in [0.25, 0.3) is 11.6 Å². The molecule has 0 radical (unpaired) electrons. The van der Waals surface area contributed by atoms with E-state index in [0.717, 1.165) is 31.6 Å². The molecule has 1 aromatic carbocycles. The molecule has 1 aliphatic rings. The Hall–Kier alpha value is -1.91. The van der Waals surface area contributed by atoms with Crippen molar-refractivity contribution in [1.29, 1.82) is 0 Å². The van der Waals surface area contributed by atoms with Crippen LogP contribution in [0.4, 0.5) is 5.69 Å². The third-order valence-electron chi connectivity index (χ3n) is 3.69. The number of hydrogen-bond donors (Lipinski definition) is 1. The SMILES string of the molecule is CC1CCC(NC(=O)c2ccc([N+](=O)[O-])cc2)CC1. The fraction of sp³-hybridized carbons (Fsp3) is 0.500. The van der Waals surface area contributed by atoms with Crippen molar-refractivity contribution >= 4 is 11.6 Å². The number of nitro benzene ring substituents is 1. The summed E-state index contributed by atoms with van der Waals surface area (Å²) in [6, 6.07) is 5.95. The first-order chi connectivity index (χ1) is 9.06. The van der Waals surface area contributed by atoms with Gasteiger partial charge in [0.2, 0.25) is 0 Å². The van der Waals surface area contributed by atoms with E-state index in [0.29, 0.717) is 5.56 Å². The first-order valence-electron chi connectivity index (χ1n) is 6.61. The summed E-state index contributed by atoms with van der Waals surface area (Å²) in [7, 11) is 0. The maximum atomic E-state index is 12.0. The van der Waals surface area contributed by atoms with Crippen molar-refractivity contribution in [3.63, 3.8) is 0 Å². The second-order valence-corrected chi connectivity index (χ2v) is 5.23. The molecule has 19 heavy (non-hydrogen) atoms. The van der Waals surface area contributed by atoms with E-state index in [4.69, 9.17) is 0 Å². The molecule has 0 unspecified atom stereocenters. The lowest BCUT2D eigenvalue weighted by atomic mass is 9.87. The Morgan fingerprint density at radius 3 is 2.32 bits per heavy atom. The lowest BCUT2D eigenvalue weighted by Gasteiger charge is -2.26. The topological polar surface area (TPSA) is 72.2 Å². The molecule has 1 fully saturated rings. The number of amides is 1. The maximum Gasteiger partial charge on any atom is 0.269 e. The van der Waals surface area contributed by atoms with Crippen molar-refractivity contribution in [3.8, 4) is 0 Å². The molecule has 5 nitrogen and oxygen atoms in total. The highest BCUT2D eigenvalue weighted by atomic mass is 16.6. The van der Waals surface area contributed by atoms with E-state index in [2.05, 4.69) is 12.2 Å². The van der Waals surface area contributed by atoms with E-state index >= 15 is 0 Å². The highest BCUT2D eigenvalue weighted by Crippen LogP contribution is 2.23. The standard InChI is InChI=1S/C14H18N2O3/c1-10-2-6-12(7-3-10)15-14(17)11-4-8-13(9-5-11)16(18)19/h4-5,8-10,12H,2-3,6-7H2,1H3,(H,15,17). The van der Waals surface area contributed by atoms with Crippen LogP contribution in [0.3, 0.4) is 0 Å². The Morgan fingerprint density at radius 1 is 1.21 bits per heavy atom. The van der Waals surface area contributed by atoms with E-state index < -0.39 is 4.92 Å². The normalized spacial score (nSPS) is 22.8. The molecule has 0 atom stereocenters. The van der Waals surface area contributed by atoms with Crippen LogP contribution in [0.5, 0.6) is 0 Å². The van der Waals surface area contributed by atoms with Crippen LogP contribution in [-0.2, 0) is 0 Å². The number of nitro groups is 1. The van der Waals surface area contributed by atoms with Crippen LogP contribution in [0.25, 0.3) is 0 Å². The summed E-state index contributed by atoms with van der Waals surface area (Å²) in [6.45, 7) is 2.23. The minimum Gasteiger partial charge on any atom is -0.349 e. The summed E-state index contributed by atoms with van der Waals surface area (Å²) >= 11 is 0. The zero-order chi connectivity index (χ0) is 13.8. The fourth-order valence-electron chi connectivity index (χ4n) is 2.41. The predicted molar refractivity (Wildman–Crippen MR) is 72.0 cm³/mol. The molecular formula is C14H18N2O3. The summed E-state index contributed by atoms with van der Waals surface area (Å²) in [5.74, 6) is 0.599. The number of carbonyl (C=O) groups is 1. The molecule has 2 rings (SSSR count). The molecule has 1 aromatic rings. The Bertz CT molecular complexity index is 462. The van der Waals surface area contributed by atoms with Crippen molar-refractivity contribution in [3.05, 3.63) is 39.9 Å². The number of nitrogens with zero attached hydrogens (tertiary/aromatic N) is 1. The second kappa shape index (κ2) is 5.82. The number of non-ortho nitro benzene ring substituents is 1. The third kappa shape index (κ3) is 3.53. The van der Waals surface area contributed by atoms with Gasteiger partial charge in [-0.2, -0.15) is 0 Å². The zero-order valence-corrected chi connectivity index (χ0v) is 11.0. The van der Waals surface area contributed by atoms with Gasteiger partial charge in [-0.1, -0.05) is 6.92 Å². The summed E-state index contributed by atoms with van der Waals surface area (Å²) in [6.07, 6.45) is 4.32. The molecule has 5 heteroatoms. The minimum absolute atomic E-state index is 0.00282. The summed E-state index contributed by atoms with van der Waals surface area (Å²) in [4.78, 5) is 22.1. The Balaban J connectivity index is 1.94. The van der Waals surface area contributed by atoms with E-state index in [9.17, 15) is 14.9 Å². The Labute approximate surface area is 112 Å². The molecule has 0 bridgehead atoms. The van der Waals surface area contributed by atoms with Crippen LogP contribution >= 0.6 is 0 Å². The third-order valence-corrected chi connectivity index (χ3v) is 3.69. The molecule has 0 aliphatic heterocycles. The van der Waals surface area contributed by atoms with Gasteiger partial charge in [-0.05, 0) is 43.7 Å². The van der Waals surface area contributed by atoms with Gasteiger partial charge < -0.3 is 5.32 Å². The summed E-state index contributed by atoms with van der Waals surface area (Å²) in [5, 5.41) is 13.5. The average molecular weight is 262 g/mol. The van der Waals surface area contributed by atoms with Crippen LogP contribution < -0.4 is 5.32 Å². The second-order valence-electron chi connectivity index (χ2n) is 5.23. The van der Waals surface area contributed by atoms with Crippen LogP contribution in [-0.4, -0.2) is 16.9 Å².